The number of carboxylic acids is 1. The molecule has 2 heterocycles. The van der Waals surface area contributed by atoms with Crippen molar-refractivity contribution in [1.82, 2.24) is 9.88 Å². The van der Waals surface area contributed by atoms with E-state index in [1.165, 1.54) is 0 Å². The van der Waals surface area contributed by atoms with Gasteiger partial charge in [-0.15, -0.1) is 0 Å². The topological polar surface area (TPSA) is 70.5 Å². The van der Waals surface area contributed by atoms with E-state index in [9.17, 15) is 9.59 Å². The third-order valence-corrected chi connectivity index (χ3v) is 5.41. The highest BCUT2D eigenvalue weighted by molar-refractivity contribution is 6.05. The van der Waals surface area contributed by atoms with Crippen molar-refractivity contribution in [3.63, 3.8) is 0 Å². The maximum absolute atomic E-state index is 12.8. The van der Waals surface area contributed by atoms with Gasteiger partial charge in [-0.1, -0.05) is 24.3 Å². The van der Waals surface area contributed by atoms with Crippen molar-refractivity contribution in [3.8, 4) is 0 Å². The first-order chi connectivity index (χ1) is 11.1. The highest BCUT2D eigenvalue weighted by atomic mass is 16.4. The summed E-state index contributed by atoms with van der Waals surface area (Å²) in [6, 6.07) is 9.65. The van der Waals surface area contributed by atoms with E-state index < -0.39 is 5.97 Å². The van der Waals surface area contributed by atoms with Crippen molar-refractivity contribution in [2.75, 3.05) is 13.1 Å². The number of piperidine rings is 1. The van der Waals surface area contributed by atoms with E-state index >= 15 is 0 Å². The number of likely N-dealkylation sites (tertiary alicyclic amines) is 1. The number of hydrogen-bond acceptors (Lipinski definition) is 3. The second-order valence-corrected chi connectivity index (χ2v) is 6.63. The molecule has 0 bridgehead atoms. The molecule has 5 nitrogen and oxygen atoms in total. The highest BCUT2D eigenvalue weighted by Crippen LogP contribution is 2.59. The summed E-state index contributed by atoms with van der Waals surface area (Å²) < 4.78 is 0. The Morgan fingerprint density at radius 1 is 1.17 bits per heavy atom. The molecule has 1 aliphatic carbocycles. The van der Waals surface area contributed by atoms with Crippen molar-refractivity contribution in [2.45, 2.75) is 19.3 Å². The van der Waals surface area contributed by atoms with Gasteiger partial charge >= 0.3 is 5.97 Å². The fraction of sp³-hybridized carbons (Fsp3) is 0.389. The van der Waals surface area contributed by atoms with Gasteiger partial charge in [0.05, 0.1) is 5.92 Å². The van der Waals surface area contributed by atoms with Crippen LogP contribution in [0.5, 0.6) is 0 Å². The number of pyridine rings is 1. The van der Waals surface area contributed by atoms with Gasteiger partial charge in [-0.2, -0.15) is 0 Å². The average molecular weight is 310 g/mol. The Morgan fingerprint density at radius 3 is 2.61 bits per heavy atom. The Labute approximate surface area is 133 Å². The quantitative estimate of drug-likeness (QED) is 0.925. The van der Waals surface area contributed by atoms with Crippen LogP contribution in [0.3, 0.4) is 0 Å². The van der Waals surface area contributed by atoms with E-state index in [2.05, 4.69) is 4.98 Å². The van der Waals surface area contributed by atoms with Crippen molar-refractivity contribution in [2.24, 2.45) is 11.3 Å². The molecule has 23 heavy (non-hydrogen) atoms. The smallest absolute Gasteiger partial charge is 0.307 e. The molecule has 1 spiro atoms. The number of hydrogen-bond donors (Lipinski definition) is 1. The Hall–Kier alpha value is -2.43. The average Bonchev–Trinajstić information content (AvgIpc) is 3.28. The summed E-state index contributed by atoms with van der Waals surface area (Å²) in [7, 11) is 0. The summed E-state index contributed by atoms with van der Waals surface area (Å²) >= 11 is 0. The number of carboxylic acid groups (broad SMARTS) is 1. The molecule has 2 aliphatic rings. The second kappa shape index (κ2) is 5.05. The van der Waals surface area contributed by atoms with Crippen molar-refractivity contribution in [1.29, 1.82) is 0 Å². The maximum Gasteiger partial charge on any atom is 0.307 e. The number of carbonyl (C=O) groups is 2. The van der Waals surface area contributed by atoms with Crippen LogP contribution in [0.15, 0.2) is 36.5 Å². The van der Waals surface area contributed by atoms with E-state index in [1.807, 2.05) is 35.2 Å². The molecule has 4 rings (SSSR count). The standard InChI is InChI=1S/C18H18N2O3/c21-16(15-13-4-2-1-3-12(13)5-8-19-15)20-9-6-18(7-10-20)11-14(18)17(22)23/h1-5,8,14H,6-7,9-11H2,(H,22,23). The van der Waals surface area contributed by atoms with Gasteiger partial charge in [0.2, 0.25) is 0 Å². The van der Waals surface area contributed by atoms with Gasteiger partial charge in [-0.25, -0.2) is 0 Å². The van der Waals surface area contributed by atoms with Crippen molar-refractivity contribution >= 4 is 22.6 Å². The van der Waals surface area contributed by atoms with Crippen LogP contribution in [-0.2, 0) is 4.79 Å². The van der Waals surface area contributed by atoms with Crippen LogP contribution in [-0.4, -0.2) is 40.0 Å². The first kappa shape index (κ1) is 14.2. The maximum atomic E-state index is 12.8. The van der Waals surface area contributed by atoms with E-state index in [-0.39, 0.29) is 17.2 Å². The molecule has 2 aromatic rings. The number of amides is 1. The van der Waals surface area contributed by atoms with Gasteiger partial charge in [0, 0.05) is 24.7 Å². The number of nitrogens with zero attached hydrogens (tertiary/aromatic N) is 2. The summed E-state index contributed by atoms with van der Waals surface area (Å²) in [5.74, 6) is -0.958. The summed E-state index contributed by atoms with van der Waals surface area (Å²) in [6.45, 7) is 1.24. The molecule has 5 heteroatoms. The predicted octanol–water partition coefficient (Wildman–Crippen LogP) is 2.56. The summed E-state index contributed by atoms with van der Waals surface area (Å²) in [5.41, 5.74) is 0.430. The lowest BCUT2D eigenvalue weighted by Gasteiger charge is -2.32. The third kappa shape index (κ3) is 2.27. The van der Waals surface area contributed by atoms with Crippen molar-refractivity contribution in [3.05, 3.63) is 42.2 Å². The van der Waals surface area contributed by atoms with Crippen LogP contribution in [0.2, 0.25) is 0 Å². The minimum atomic E-state index is -0.694. The minimum absolute atomic E-state index is 0.0517. The van der Waals surface area contributed by atoms with E-state index in [0.717, 1.165) is 30.0 Å². The zero-order valence-corrected chi connectivity index (χ0v) is 12.7. The number of benzene rings is 1. The van der Waals surface area contributed by atoms with Gasteiger partial charge in [0.25, 0.3) is 5.91 Å². The van der Waals surface area contributed by atoms with Gasteiger partial charge in [-0.05, 0) is 36.1 Å². The molecular formula is C18H18N2O3. The molecule has 1 aliphatic heterocycles. The number of carbonyl (C=O) groups excluding carboxylic acids is 1. The lowest BCUT2D eigenvalue weighted by atomic mass is 9.90. The van der Waals surface area contributed by atoms with Gasteiger partial charge < -0.3 is 10.0 Å². The zero-order chi connectivity index (χ0) is 16.0. The van der Waals surface area contributed by atoms with E-state index in [0.29, 0.717) is 18.8 Å². The number of rotatable bonds is 2. The predicted molar refractivity (Wildman–Crippen MR) is 85.1 cm³/mol. The lowest BCUT2D eigenvalue weighted by molar-refractivity contribution is -0.139. The third-order valence-electron chi connectivity index (χ3n) is 5.41. The Morgan fingerprint density at radius 2 is 1.91 bits per heavy atom. The number of fused-ring (bicyclic) bond motifs is 1. The molecule has 118 valence electrons. The van der Waals surface area contributed by atoms with Crippen LogP contribution in [0.4, 0.5) is 0 Å². The van der Waals surface area contributed by atoms with Crippen LogP contribution in [0, 0.1) is 11.3 Å². The summed E-state index contributed by atoms with van der Waals surface area (Å²) in [5, 5.41) is 11.0. The Kier molecular flexibility index (Phi) is 3.11. The van der Waals surface area contributed by atoms with Gasteiger partial charge in [-0.3, -0.25) is 14.6 Å². The molecular weight excluding hydrogens is 292 g/mol. The highest BCUT2D eigenvalue weighted by Gasteiger charge is 2.59. The molecule has 1 aromatic carbocycles. The molecule has 1 amide bonds. The minimum Gasteiger partial charge on any atom is -0.481 e. The first-order valence-corrected chi connectivity index (χ1v) is 7.97. The number of aliphatic carboxylic acids is 1. The molecule has 1 aromatic heterocycles. The van der Waals surface area contributed by atoms with Crippen molar-refractivity contribution < 1.29 is 14.7 Å². The Balaban J connectivity index is 1.53. The van der Waals surface area contributed by atoms with E-state index in [1.54, 1.807) is 6.20 Å². The molecule has 1 N–H and O–H groups in total. The molecule has 1 atom stereocenters. The van der Waals surface area contributed by atoms with Crippen LogP contribution < -0.4 is 0 Å². The first-order valence-electron chi connectivity index (χ1n) is 7.97. The lowest BCUT2D eigenvalue weighted by Crippen LogP contribution is -2.40. The van der Waals surface area contributed by atoms with Gasteiger partial charge in [0.1, 0.15) is 5.69 Å². The normalized spacial score (nSPS) is 22.3. The van der Waals surface area contributed by atoms with Crippen LogP contribution >= 0.6 is 0 Å². The SMILES string of the molecule is O=C(O)C1CC12CCN(C(=O)c1nccc3ccccc13)CC2. The Bertz CT molecular complexity index is 788. The van der Waals surface area contributed by atoms with Crippen LogP contribution in [0.25, 0.3) is 10.8 Å². The van der Waals surface area contributed by atoms with E-state index in [4.69, 9.17) is 5.11 Å². The van der Waals surface area contributed by atoms with Crippen LogP contribution in [0.1, 0.15) is 29.8 Å². The number of aromatic nitrogens is 1. The monoisotopic (exact) mass is 310 g/mol. The van der Waals surface area contributed by atoms with Gasteiger partial charge in [0.15, 0.2) is 0 Å². The fourth-order valence-corrected chi connectivity index (χ4v) is 3.84. The molecule has 2 fully saturated rings. The molecule has 1 saturated carbocycles. The largest absolute Gasteiger partial charge is 0.481 e. The molecule has 1 saturated heterocycles. The fourth-order valence-electron chi connectivity index (χ4n) is 3.84. The summed E-state index contributed by atoms with van der Waals surface area (Å²) in [6.07, 6.45) is 3.99. The zero-order valence-electron chi connectivity index (χ0n) is 12.7. The molecule has 1 unspecified atom stereocenters. The second-order valence-electron chi connectivity index (χ2n) is 6.63. The summed E-state index contributed by atoms with van der Waals surface area (Å²) in [4.78, 5) is 30.0. The molecule has 0 radical (unpaired) electrons.